The summed E-state index contributed by atoms with van der Waals surface area (Å²) >= 11 is 1.39. The zero-order valence-corrected chi connectivity index (χ0v) is 15.7. The molecule has 1 amide bonds. The van der Waals surface area contributed by atoms with Gasteiger partial charge >= 0.3 is 0 Å². The highest BCUT2D eigenvalue weighted by Gasteiger charge is 2.23. The van der Waals surface area contributed by atoms with Crippen LogP contribution in [-0.4, -0.2) is 32.5 Å². The van der Waals surface area contributed by atoms with Crippen LogP contribution in [0.1, 0.15) is 44.0 Å². The van der Waals surface area contributed by atoms with Crippen molar-refractivity contribution in [3.8, 4) is 5.75 Å². The minimum absolute atomic E-state index is 0.0542. The first kappa shape index (κ1) is 17.8. The number of rotatable bonds is 8. The predicted octanol–water partition coefficient (Wildman–Crippen LogP) is 2.89. The normalized spacial score (nSPS) is 13.9. The van der Waals surface area contributed by atoms with Gasteiger partial charge in [0.1, 0.15) is 12.4 Å². The van der Waals surface area contributed by atoms with Gasteiger partial charge in [0.2, 0.25) is 5.91 Å². The van der Waals surface area contributed by atoms with Crippen LogP contribution in [0.2, 0.25) is 0 Å². The van der Waals surface area contributed by atoms with Crippen LogP contribution >= 0.6 is 11.8 Å². The second-order valence-electron chi connectivity index (χ2n) is 6.60. The molecule has 134 valence electrons. The van der Waals surface area contributed by atoms with E-state index in [1.54, 1.807) is 0 Å². The molecule has 0 bridgehead atoms. The van der Waals surface area contributed by atoms with Crippen LogP contribution < -0.4 is 10.1 Å². The fraction of sp³-hybridized carbons (Fsp3) is 0.500. The summed E-state index contributed by atoms with van der Waals surface area (Å²) in [6.07, 6.45) is 2.19. The second-order valence-corrected chi connectivity index (χ2v) is 7.54. The van der Waals surface area contributed by atoms with Gasteiger partial charge in [-0.2, -0.15) is 0 Å². The van der Waals surface area contributed by atoms with Crippen molar-refractivity contribution in [3.63, 3.8) is 0 Å². The third-order valence-corrected chi connectivity index (χ3v) is 5.13. The van der Waals surface area contributed by atoms with Gasteiger partial charge in [0.15, 0.2) is 11.0 Å². The first-order chi connectivity index (χ1) is 12.0. The Kier molecular flexibility index (Phi) is 5.63. The van der Waals surface area contributed by atoms with E-state index in [0.29, 0.717) is 24.3 Å². The summed E-state index contributed by atoms with van der Waals surface area (Å²) in [5.41, 5.74) is 1.29. The van der Waals surface area contributed by atoms with Crippen LogP contribution in [0.4, 0.5) is 0 Å². The summed E-state index contributed by atoms with van der Waals surface area (Å²) in [6.45, 7) is 4.68. The van der Waals surface area contributed by atoms with E-state index in [1.165, 1.54) is 17.3 Å². The third-order valence-electron chi connectivity index (χ3n) is 4.11. The van der Waals surface area contributed by atoms with Crippen molar-refractivity contribution in [2.24, 2.45) is 7.05 Å². The molecule has 0 unspecified atom stereocenters. The number of nitrogens with zero attached hydrogens (tertiary/aromatic N) is 3. The molecular weight excluding hydrogens is 336 g/mol. The van der Waals surface area contributed by atoms with Crippen LogP contribution in [0.3, 0.4) is 0 Å². The monoisotopic (exact) mass is 360 g/mol. The Bertz CT molecular complexity index is 723. The number of carbonyl (C=O) groups excluding carboxylic acids is 1. The molecule has 0 saturated heterocycles. The molecule has 0 aliphatic heterocycles. The number of nitrogens with one attached hydrogen (secondary N) is 1. The van der Waals surface area contributed by atoms with Crippen molar-refractivity contribution in [3.05, 3.63) is 35.7 Å². The van der Waals surface area contributed by atoms with E-state index in [0.717, 1.165) is 29.6 Å². The Labute approximate surface area is 152 Å². The molecule has 1 aliphatic carbocycles. The van der Waals surface area contributed by atoms with Gasteiger partial charge in [-0.3, -0.25) is 4.79 Å². The van der Waals surface area contributed by atoms with Crippen molar-refractivity contribution in [2.45, 2.75) is 50.4 Å². The van der Waals surface area contributed by atoms with E-state index in [4.69, 9.17) is 4.74 Å². The van der Waals surface area contributed by atoms with Gasteiger partial charge in [-0.25, -0.2) is 0 Å². The van der Waals surface area contributed by atoms with Gasteiger partial charge in [0, 0.05) is 13.1 Å². The lowest BCUT2D eigenvalue weighted by atomic mass is 10.0. The maximum atomic E-state index is 11.8. The molecule has 7 heteroatoms. The number of ether oxygens (including phenoxy) is 1. The summed E-state index contributed by atoms with van der Waals surface area (Å²) in [5.74, 6) is 2.46. The molecule has 0 radical (unpaired) electrons. The zero-order chi connectivity index (χ0) is 17.8. The van der Waals surface area contributed by atoms with E-state index < -0.39 is 0 Å². The maximum absolute atomic E-state index is 11.8. The topological polar surface area (TPSA) is 69.0 Å². The standard InChI is InChI=1S/C18H24N4O2S/c1-12(2)13-4-8-15(9-5-13)24-10-16-20-21-18(22(16)3)25-11-17(23)19-14-6-7-14/h4-5,8-9,12,14H,6-7,10-11H2,1-3H3,(H,19,23). The number of aromatic nitrogens is 3. The van der Waals surface area contributed by atoms with E-state index in [1.807, 2.05) is 23.7 Å². The summed E-state index contributed by atoms with van der Waals surface area (Å²) in [6, 6.07) is 8.50. The molecule has 2 aromatic rings. The summed E-state index contributed by atoms with van der Waals surface area (Å²) in [5, 5.41) is 12.0. The quantitative estimate of drug-likeness (QED) is 0.733. The van der Waals surface area contributed by atoms with Gasteiger partial charge in [0.25, 0.3) is 0 Å². The Hall–Kier alpha value is -2.02. The Morgan fingerprint density at radius 2 is 2.04 bits per heavy atom. The molecule has 0 spiro atoms. The average molecular weight is 360 g/mol. The third kappa shape index (κ3) is 4.98. The summed E-state index contributed by atoms with van der Waals surface area (Å²) in [4.78, 5) is 11.8. The first-order valence-electron chi connectivity index (χ1n) is 8.56. The highest BCUT2D eigenvalue weighted by Crippen LogP contribution is 2.21. The van der Waals surface area contributed by atoms with Gasteiger partial charge < -0.3 is 14.6 Å². The van der Waals surface area contributed by atoms with Crippen molar-refractivity contribution in [2.75, 3.05) is 5.75 Å². The molecule has 1 aromatic heterocycles. The molecule has 6 nitrogen and oxygen atoms in total. The molecule has 3 rings (SSSR count). The second kappa shape index (κ2) is 7.91. The van der Waals surface area contributed by atoms with Crippen molar-refractivity contribution in [1.82, 2.24) is 20.1 Å². The zero-order valence-electron chi connectivity index (χ0n) is 14.9. The SMILES string of the molecule is CC(C)c1ccc(OCc2nnc(SCC(=O)NC3CC3)n2C)cc1. The lowest BCUT2D eigenvalue weighted by Gasteiger charge is -2.09. The summed E-state index contributed by atoms with van der Waals surface area (Å²) in [7, 11) is 1.89. The number of carbonyl (C=O) groups is 1. The number of benzene rings is 1. The van der Waals surface area contributed by atoms with E-state index in [2.05, 4.69) is 41.5 Å². The van der Waals surface area contributed by atoms with Gasteiger partial charge in [-0.1, -0.05) is 37.7 Å². The minimum atomic E-state index is 0.0542. The lowest BCUT2D eigenvalue weighted by molar-refractivity contribution is -0.118. The Morgan fingerprint density at radius 3 is 2.68 bits per heavy atom. The van der Waals surface area contributed by atoms with Crippen LogP contribution in [0.25, 0.3) is 0 Å². The summed E-state index contributed by atoms with van der Waals surface area (Å²) < 4.78 is 7.67. The average Bonchev–Trinajstić information content (AvgIpc) is 3.34. The molecule has 1 fully saturated rings. The molecule has 1 N–H and O–H groups in total. The van der Waals surface area contributed by atoms with Crippen molar-refractivity contribution < 1.29 is 9.53 Å². The lowest BCUT2D eigenvalue weighted by Crippen LogP contribution is -2.27. The van der Waals surface area contributed by atoms with Crippen LogP contribution in [0.5, 0.6) is 5.75 Å². The van der Waals surface area contributed by atoms with Gasteiger partial charge in [0.05, 0.1) is 5.75 Å². The fourth-order valence-corrected chi connectivity index (χ4v) is 3.06. The maximum Gasteiger partial charge on any atom is 0.230 e. The highest BCUT2D eigenvalue weighted by molar-refractivity contribution is 7.99. The molecule has 1 aromatic carbocycles. The van der Waals surface area contributed by atoms with Gasteiger partial charge in [-0.05, 0) is 36.5 Å². The predicted molar refractivity (Wildman–Crippen MR) is 97.8 cm³/mol. The molecule has 1 aliphatic rings. The highest BCUT2D eigenvalue weighted by atomic mass is 32.2. The van der Waals surface area contributed by atoms with Crippen molar-refractivity contribution >= 4 is 17.7 Å². The minimum Gasteiger partial charge on any atom is -0.486 e. The van der Waals surface area contributed by atoms with Crippen LogP contribution in [-0.2, 0) is 18.4 Å². The largest absolute Gasteiger partial charge is 0.486 e. The van der Waals surface area contributed by atoms with E-state index in [9.17, 15) is 4.79 Å². The Balaban J connectivity index is 1.51. The van der Waals surface area contributed by atoms with Crippen LogP contribution in [0.15, 0.2) is 29.4 Å². The van der Waals surface area contributed by atoms with E-state index in [-0.39, 0.29) is 5.91 Å². The Morgan fingerprint density at radius 1 is 1.32 bits per heavy atom. The van der Waals surface area contributed by atoms with Gasteiger partial charge in [-0.15, -0.1) is 10.2 Å². The molecular formula is C18H24N4O2S. The van der Waals surface area contributed by atoms with Crippen molar-refractivity contribution in [1.29, 1.82) is 0 Å². The molecule has 25 heavy (non-hydrogen) atoms. The van der Waals surface area contributed by atoms with E-state index >= 15 is 0 Å². The first-order valence-corrected chi connectivity index (χ1v) is 9.54. The fourth-order valence-electron chi connectivity index (χ4n) is 2.32. The molecule has 1 saturated carbocycles. The molecule has 0 atom stereocenters. The number of hydrogen-bond acceptors (Lipinski definition) is 5. The number of hydrogen-bond donors (Lipinski definition) is 1. The number of amides is 1. The number of thioether (sulfide) groups is 1. The molecule has 1 heterocycles. The smallest absolute Gasteiger partial charge is 0.230 e. The van der Waals surface area contributed by atoms with Crippen LogP contribution in [0, 0.1) is 0 Å².